The van der Waals surface area contributed by atoms with Crippen LogP contribution < -0.4 is 25.2 Å². The Labute approximate surface area is 364 Å². The Kier molecular flexibility index (Phi) is 11.5. The van der Waals surface area contributed by atoms with E-state index in [4.69, 9.17) is 9.72 Å². The maximum Gasteiger partial charge on any atom is 0.280 e. The number of aliphatic imine (C=N–C) groups is 1. The van der Waals surface area contributed by atoms with Crippen LogP contribution in [0, 0.1) is 30.4 Å². The Morgan fingerprint density at radius 2 is 1.75 bits per heavy atom. The first-order chi connectivity index (χ1) is 30.3. The van der Waals surface area contributed by atoms with Gasteiger partial charge in [0.15, 0.2) is 0 Å². The fraction of sp³-hybridized carbons (Fsp3) is 0.457. The third-order valence-corrected chi connectivity index (χ3v) is 13.0. The molecule has 3 fully saturated rings. The summed E-state index contributed by atoms with van der Waals surface area (Å²) in [6.07, 6.45) is 4.05. The van der Waals surface area contributed by atoms with Gasteiger partial charge in [0.25, 0.3) is 5.91 Å². The smallest absolute Gasteiger partial charge is 0.280 e. The number of pyridine rings is 1. The summed E-state index contributed by atoms with van der Waals surface area (Å²) < 4.78 is 38.6. The molecule has 17 heteroatoms. The Balaban J connectivity index is 0.855. The average Bonchev–Trinajstić information content (AvgIpc) is 3.97. The summed E-state index contributed by atoms with van der Waals surface area (Å²) in [4.78, 5) is 69.2. The minimum atomic E-state index is -1.07. The molecule has 15 nitrogen and oxygen atoms in total. The van der Waals surface area contributed by atoms with Crippen molar-refractivity contribution in [3.05, 3.63) is 82.7 Å². The molecule has 0 unspecified atom stereocenters. The molecule has 0 aliphatic carbocycles. The zero-order valence-electron chi connectivity index (χ0n) is 36.0. The first-order valence-corrected chi connectivity index (χ1v) is 21.8. The summed E-state index contributed by atoms with van der Waals surface area (Å²) in [5.74, 6) is -3.21. The average molecular weight is 863 g/mol. The van der Waals surface area contributed by atoms with Crippen molar-refractivity contribution < 1.29 is 32.7 Å². The number of benzene rings is 2. The number of guanidine groups is 1. The quantitative estimate of drug-likeness (QED) is 0.248. The number of piperazine rings is 1. The van der Waals surface area contributed by atoms with Gasteiger partial charge in [0.05, 0.1) is 47.3 Å². The molecule has 4 atom stereocenters. The largest absolute Gasteiger partial charge is 0.477 e. The highest BCUT2D eigenvalue weighted by atomic mass is 19.1. The van der Waals surface area contributed by atoms with E-state index in [1.165, 1.54) is 12.1 Å². The Morgan fingerprint density at radius 3 is 2.52 bits per heavy atom. The molecular weight excluding hydrogens is 811 g/mol. The van der Waals surface area contributed by atoms with Gasteiger partial charge in [-0.05, 0) is 87.4 Å². The van der Waals surface area contributed by atoms with Gasteiger partial charge in [-0.2, -0.15) is 10.1 Å². The van der Waals surface area contributed by atoms with Crippen molar-refractivity contribution in [2.75, 3.05) is 61.0 Å². The number of aromatic nitrogens is 3. The van der Waals surface area contributed by atoms with Gasteiger partial charge in [0.2, 0.25) is 29.6 Å². The van der Waals surface area contributed by atoms with Crippen LogP contribution in [-0.2, 0) is 28.0 Å². The van der Waals surface area contributed by atoms with E-state index in [2.05, 4.69) is 56.5 Å². The number of fused-ring (bicyclic) bond motifs is 7. The van der Waals surface area contributed by atoms with E-state index < -0.39 is 29.4 Å². The lowest BCUT2D eigenvalue weighted by Crippen LogP contribution is -2.54. The normalized spacial score (nSPS) is 24.0. The number of piperidine rings is 1. The SMILES string of the molecule is Cc1cc2cc(n1)-c1cnn(C)c1OCCC[C@@H](C)CN1/C(=N/C2=O)Nc2ccc(CN3CCN(C(=O)[C@@H]4CCN(c5cc(F)c([C@H]6CCC(=O)NC6=O)c(F)c5)C4)C[C@@H]3C)cc21. The number of anilines is 3. The summed E-state index contributed by atoms with van der Waals surface area (Å²) >= 11 is 0. The van der Waals surface area contributed by atoms with E-state index in [1.54, 1.807) is 23.0 Å². The van der Waals surface area contributed by atoms with Crippen LogP contribution in [0.25, 0.3) is 11.3 Å². The Morgan fingerprint density at radius 1 is 0.937 bits per heavy atom. The standard InChI is InChI=1S/C46H52F2N10O5/c1-26-6-5-15-63-45-34(21-49-54(45)4)38-18-31(16-27(2)50-38)42(60)53-46-51-37-9-7-29(17-39(37)58(46)22-26)24-55-13-14-57(23-28(55)3)44(62)30-11-12-56(25-30)32-19-35(47)41(36(48)20-32)33-8-10-40(59)52-43(33)61/h7,9,16-21,26,28,30,33H,5-6,8,10-15,22-25H2,1-4H3,(H,51,53,60)(H,52,59,61)/t26-,28+,30-,33-/m1/s1. The molecule has 2 aromatic heterocycles. The molecule has 3 saturated heterocycles. The summed E-state index contributed by atoms with van der Waals surface area (Å²) in [6, 6.07) is 12.3. The summed E-state index contributed by atoms with van der Waals surface area (Å²) in [5, 5.41) is 9.99. The second kappa shape index (κ2) is 17.1. The zero-order chi connectivity index (χ0) is 44.1. The van der Waals surface area contributed by atoms with E-state index in [9.17, 15) is 19.2 Å². The molecule has 63 heavy (non-hydrogen) atoms. The lowest BCUT2D eigenvalue weighted by Gasteiger charge is -2.40. The molecule has 4 aromatic rings. The van der Waals surface area contributed by atoms with Gasteiger partial charge in [-0.15, -0.1) is 0 Å². The van der Waals surface area contributed by atoms with Gasteiger partial charge in [-0.25, -0.2) is 13.5 Å². The lowest BCUT2D eigenvalue weighted by molar-refractivity contribution is -0.138. The molecule has 0 saturated carbocycles. The molecule has 7 heterocycles. The summed E-state index contributed by atoms with van der Waals surface area (Å²) in [7, 11) is 1.83. The van der Waals surface area contributed by atoms with Gasteiger partial charge in [-0.3, -0.25) is 34.4 Å². The van der Waals surface area contributed by atoms with Crippen LogP contribution in [0.5, 0.6) is 5.88 Å². The minimum absolute atomic E-state index is 0.0198. The summed E-state index contributed by atoms with van der Waals surface area (Å²) in [5.41, 5.74) is 5.35. The second-order valence-corrected chi connectivity index (χ2v) is 17.7. The monoisotopic (exact) mass is 862 g/mol. The molecule has 4 amide bonds. The Hall–Kier alpha value is -6.23. The van der Waals surface area contributed by atoms with Gasteiger partial charge in [0.1, 0.15) is 11.6 Å². The Bertz CT molecular complexity index is 2500. The van der Waals surface area contributed by atoms with E-state index in [1.807, 2.05) is 29.8 Å². The van der Waals surface area contributed by atoms with Gasteiger partial charge in [-0.1, -0.05) is 13.0 Å². The minimum Gasteiger partial charge on any atom is -0.477 e. The van der Waals surface area contributed by atoms with Crippen molar-refractivity contribution in [2.24, 2.45) is 23.9 Å². The second-order valence-electron chi connectivity index (χ2n) is 17.7. The molecule has 2 bridgehead atoms. The predicted octanol–water partition coefficient (Wildman–Crippen LogP) is 5.39. The molecule has 2 N–H and O–H groups in total. The van der Waals surface area contributed by atoms with Crippen LogP contribution in [0.2, 0.25) is 0 Å². The van der Waals surface area contributed by atoms with Crippen LogP contribution in [0.15, 0.2) is 53.7 Å². The highest BCUT2D eigenvalue weighted by Crippen LogP contribution is 2.37. The van der Waals surface area contributed by atoms with E-state index in [-0.39, 0.29) is 48.1 Å². The molecule has 2 aromatic carbocycles. The molecule has 5 aliphatic rings. The van der Waals surface area contributed by atoms with Crippen molar-refractivity contribution in [3.63, 3.8) is 0 Å². The van der Waals surface area contributed by atoms with Crippen molar-refractivity contribution in [2.45, 2.75) is 71.4 Å². The van der Waals surface area contributed by atoms with Gasteiger partial charge in [0, 0.05) is 87.8 Å². The zero-order valence-corrected chi connectivity index (χ0v) is 36.0. The molecular formula is C46H52F2N10O5. The number of nitrogens with one attached hydrogen (secondary N) is 2. The number of amides is 4. The third-order valence-electron chi connectivity index (χ3n) is 13.0. The number of hydrogen-bond donors (Lipinski definition) is 2. The van der Waals surface area contributed by atoms with Crippen molar-refractivity contribution in [3.8, 4) is 17.1 Å². The van der Waals surface area contributed by atoms with Crippen LogP contribution in [0.1, 0.15) is 79.0 Å². The summed E-state index contributed by atoms with van der Waals surface area (Å²) in [6.45, 7) is 10.6. The molecule has 5 aliphatic heterocycles. The number of imide groups is 1. The van der Waals surface area contributed by atoms with Crippen molar-refractivity contribution in [1.82, 2.24) is 29.9 Å². The fourth-order valence-corrected chi connectivity index (χ4v) is 9.62. The number of carbonyl (C=O) groups is 4. The molecule has 9 rings (SSSR count). The lowest BCUT2D eigenvalue weighted by atomic mass is 9.89. The molecule has 0 spiro atoms. The van der Waals surface area contributed by atoms with E-state index in [0.29, 0.717) is 93.3 Å². The van der Waals surface area contributed by atoms with Gasteiger partial charge >= 0.3 is 0 Å². The number of ether oxygens (including phenoxy) is 1. The maximum absolute atomic E-state index is 15.3. The predicted molar refractivity (Wildman–Crippen MR) is 232 cm³/mol. The van der Waals surface area contributed by atoms with Crippen LogP contribution in [-0.4, -0.2) is 106 Å². The van der Waals surface area contributed by atoms with Gasteiger partial charge < -0.3 is 24.8 Å². The fourth-order valence-electron chi connectivity index (χ4n) is 9.62. The van der Waals surface area contributed by atoms with Crippen molar-refractivity contribution in [1.29, 1.82) is 0 Å². The van der Waals surface area contributed by atoms with Crippen LogP contribution >= 0.6 is 0 Å². The number of halogens is 2. The van der Waals surface area contributed by atoms with E-state index in [0.717, 1.165) is 35.3 Å². The number of hydrogen-bond acceptors (Lipinski definition) is 11. The number of carbonyl (C=O) groups excluding carboxylic acids is 4. The number of nitrogens with zero attached hydrogens (tertiary/aromatic N) is 8. The topological polar surface area (TPSA) is 158 Å². The van der Waals surface area contributed by atoms with Crippen LogP contribution in [0.4, 0.5) is 25.8 Å². The number of rotatable bonds is 5. The molecule has 330 valence electrons. The third kappa shape index (κ3) is 8.50. The first-order valence-electron chi connectivity index (χ1n) is 21.8. The van der Waals surface area contributed by atoms with E-state index >= 15 is 8.78 Å². The number of aryl methyl sites for hydroxylation is 2. The highest BCUT2D eigenvalue weighted by Gasteiger charge is 2.37. The molecule has 0 radical (unpaired) electrons. The highest BCUT2D eigenvalue weighted by molar-refractivity contribution is 6.19. The van der Waals surface area contributed by atoms with Crippen LogP contribution in [0.3, 0.4) is 0 Å². The maximum atomic E-state index is 15.3. The van der Waals surface area contributed by atoms with Crippen molar-refractivity contribution >= 4 is 46.7 Å². The first kappa shape index (κ1) is 42.1.